The molecule has 0 aromatic heterocycles. The quantitative estimate of drug-likeness (QED) is 0.556. The Morgan fingerprint density at radius 3 is 3.25 bits per heavy atom. The van der Waals surface area contributed by atoms with Gasteiger partial charge in [-0.2, -0.15) is 0 Å². The first kappa shape index (κ1) is 7.54. The maximum absolute atomic E-state index is 11.2. The average Bonchev–Trinajstić information content (AvgIpc) is 2.62. The molecule has 2 aliphatic rings. The molecule has 66 valence electrons. The molecule has 0 radical (unpaired) electrons. The summed E-state index contributed by atoms with van der Waals surface area (Å²) in [5, 5.41) is 6.23. The largest absolute Gasteiger partial charge is 0.389 e. The SMILES string of the molecule is CNC(=O)C1=NOC2COCC12. The van der Waals surface area contributed by atoms with Gasteiger partial charge in [0.05, 0.1) is 19.1 Å². The van der Waals surface area contributed by atoms with Gasteiger partial charge in [0.15, 0.2) is 11.8 Å². The molecule has 1 amide bonds. The highest BCUT2D eigenvalue weighted by Gasteiger charge is 2.41. The van der Waals surface area contributed by atoms with Gasteiger partial charge in [0.25, 0.3) is 5.91 Å². The molecular formula is C7H10N2O3. The van der Waals surface area contributed by atoms with Crippen LogP contribution in [-0.4, -0.2) is 38.0 Å². The van der Waals surface area contributed by atoms with Crippen LogP contribution in [0.15, 0.2) is 5.16 Å². The molecule has 0 aliphatic carbocycles. The molecule has 12 heavy (non-hydrogen) atoms. The van der Waals surface area contributed by atoms with E-state index in [1.165, 1.54) is 0 Å². The highest BCUT2D eigenvalue weighted by molar-refractivity contribution is 6.40. The van der Waals surface area contributed by atoms with E-state index in [1.807, 2.05) is 0 Å². The van der Waals surface area contributed by atoms with E-state index >= 15 is 0 Å². The molecule has 1 N–H and O–H groups in total. The van der Waals surface area contributed by atoms with Gasteiger partial charge in [-0.15, -0.1) is 0 Å². The summed E-state index contributed by atoms with van der Waals surface area (Å²) in [5.41, 5.74) is 0.458. The Kier molecular flexibility index (Phi) is 1.73. The second-order valence-corrected chi connectivity index (χ2v) is 2.84. The molecule has 2 unspecified atom stereocenters. The van der Waals surface area contributed by atoms with Gasteiger partial charge >= 0.3 is 0 Å². The number of hydrogen-bond donors (Lipinski definition) is 1. The van der Waals surface area contributed by atoms with Crippen molar-refractivity contribution in [1.82, 2.24) is 5.32 Å². The van der Waals surface area contributed by atoms with Crippen LogP contribution >= 0.6 is 0 Å². The monoisotopic (exact) mass is 170 g/mol. The van der Waals surface area contributed by atoms with Crippen LogP contribution in [0.5, 0.6) is 0 Å². The molecule has 2 rings (SSSR count). The van der Waals surface area contributed by atoms with Gasteiger partial charge in [0.2, 0.25) is 0 Å². The van der Waals surface area contributed by atoms with Gasteiger partial charge in [-0.05, 0) is 0 Å². The predicted molar refractivity (Wildman–Crippen MR) is 40.7 cm³/mol. The number of amides is 1. The second-order valence-electron chi connectivity index (χ2n) is 2.84. The van der Waals surface area contributed by atoms with Gasteiger partial charge in [-0.25, -0.2) is 0 Å². The van der Waals surface area contributed by atoms with E-state index in [0.717, 1.165) is 0 Å². The topological polar surface area (TPSA) is 59.9 Å². The number of carbonyl (C=O) groups excluding carboxylic acids is 1. The summed E-state index contributed by atoms with van der Waals surface area (Å²) in [4.78, 5) is 16.2. The predicted octanol–water partition coefficient (Wildman–Crippen LogP) is -0.866. The molecule has 5 heteroatoms. The minimum absolute atomic E-state index is 0.0324. The van der Waals surface area contributed by atoms with Crippen molar-refractivity contribution in [2.75, 3.05) is 20.3 Å². The lowest BCUT2D eigenvalue weighted by Gasteiger charge is -2.04. The van der Waals surface area contributed by atoms with Crippen molar-refractivity contribution in [3.05, 3.63) is 0 Å². The van der Waals surface area contributed by atoms with Crippen molar-refractivity contribution in [2.24, 2.45) is 11.1 Å². The average molecular weight is 170 g/mol. The lowest BCUT2D eigenvalue weighted by Crippen LogP contribution is -2.34. The Balaban J connectivity index is 2.12. The highest BCUT2D eigenvalue weighted by Crippen LogP contribution is 2.24. The molecule has 1 fully saturated rings. The molecule has 0 spiro atoms. The number of carbonyl (C=O) groups is 1. The van der Waals surface area contributed by atoms with Crippen LogP contribution in [-0.2, 0) is 14.4 Å². The fourth-order valence-corrected chi connectivity index (χ4v) is 1.42. The molecule has 1 saturated heterocycles. The normalized spacial score (nSPS) is 32.2. The van der Waals surface area contributed by atoms with E-state index in [4.69, 9.17) is 9.57 Å². The van der Waals surface area contributed by atoms with Crippen molar-refractivity contribution in [3.8, 4) is 0 Å². The first-order valence-electron chi connectivity index (χ1n) is 3.86. The number of rotatable bonds is 1. The Labute approximate surface area is 69.7 Å². The van der Waals surface area contributed by atoms with E-state index in [-0.39, 0.29) is 17.9 Å². The molecule has 0 bridgehead atoms. The van der Waals surface area contributed by atoms with Gasteiger partial charge in [0, 0.05) is 7.05 Å². The van der Waals surface area contributed by atoms with E-state index in [1.54, 1.807) is 7.05 Å². The fourth-order valence-electron chi connectivity index (χ4n) is 1.42. The first-order chi connectivity index (χ1) is 5.83. The zero-order chi connectivity index (χ0) is 8.55. The van der Waals surface area contributed by atoms with Gasteiger partial charge in [-0.3, -0.25) is 4.79 Å². The molecule has 2 atom stereocenters. The number of nitrogens with one attached hydrogen (secondary N) is 1. The van der Waals surface area contributed by atoms with E-state index < -0.39 is 0 Å². The summed E-state index contributed by atoms with van der Waals surface area (Å²) in [6.07, 6.45) is -0.0442. The van der Waals surface area contributed by atoms with Crippen LogP contribution in [0.4, 0.5) is 0 Å². The molecular weight excluding hydrogens is 160 g/mol. The van der Waals surface area contributed by atoms with E-state index in [9.17, 15) is 4.79 Å². The zero-order valence-corrected chi connectivity index (χ0v) is 6.74. The molecule has 0 aromatic rings. The van der Waals surface area contributed by atoms with E-state index in [2.05, 4.69) is 10.5 Å². The molecule has 0 saturated carbocycles. The summed E-state index contributed by atoms with van der Waals surface area (Å²) in [6.45, 7) is 1.07. The Bertz CT molecular complexity index is 239. The molecule has 2 heterocycles. The highest BCUT2D eigenvalue weighted by atomic mass is 16.7. The summed E-state index contributed by atoms with van der Waals surface area (Å²) in [7, 11) is 1.58. The van der Waals surface area contributed by atoms with Gasteiger partial charge in [-0.1, -0.05) is 5.16 Å². The van der Waals surface area contributed by atoms with Gasteiger partial charge in [0.1, 0.15) is 0 Å². The first-order valence-corrected chi connectivity index (χ1v) is 3.86. The standard InChI is InChI=1S/C7H10N2O3/c1-8-7(10)6-4-2-11-3-5(4)12-9-6/h4-5H,2-3H2,1H3,(H,8,10). The summed E-state index contributed by atoms with van der Waals surface area (Å²) < 4.78 is 5.15. The van der Waals surface area contributed by atoms with Crippen molar-refractivity contribution in [1.29, 1.82) is 0 Å². The summed E-state index contributed by atoms with van der Waals surface area (Å²) in [5.74, 6) is -0.141. The van der Waals surface area contributed by atoms with Crippen molar-refractivity contribution in [3.63, 3.8) is 0 Å². The second kappa shape index (κ2) is 2.75. The maximum atomic E-state index is 11.2. The Hall–Kier alpha value is -1.10. The third-order valence-electron chi connectivity index (χ3n) is 2.13. The van der Waals surface area contributed by atoms with Gasteiger partial charge < -0.3 is 14.9 Å². The summed E-state index contributed by atoms with van der Waals surface area (Å²) >= 11 is 0. The minimum atomic E-state index is -0.173. The van der Waals surface area contributed by atoms with Crippen molar-refractivity contribution >= 4 is 11.6 Å². The number of oxime groups is 1. The van der Waals surface area contributed by atoms with Crippen LogP contribution in [0.3, 0.4) is 0 Å². The molecule has 5 nitrogen and oxygen atoms in total. The summed E-state index contributed by atoms with van der Waals surface area (Å²) in [6, 6.07) is 0. The number of fused-ring (bicyclic) bond motifs is 1. The lowest BCUT2D eigenvalue weighted by molar-refractivity contribution is -0.114. The Morgan fingerprint density at radius 2 is 2.50 bits per heavy atom. The Morgan fingerprint density at radius 1 is 1.67 bits per heavy atom. The number of nitrogens with zero attached hydrogens (tertiary/aromatic N) is 1. The molecule has 0 aromatic carbocycles. The number of ether oxygens (including phenoxy) is 1. The lowest BCUT2D eigenvalue weighted by atomic mass is 10.0. The van der Waals surface area contributed by atoms with E-state index in [0.29, 0.717) is 18.9 Å². The molecule has 2 aliphatic heterocycles. The fraction of sp³-hybridized carbons (Fsp3) is 0.714. The van der Waals surface area contributed by atoms with Crippen LogP contribution in [0, 0.1) is 5.92 Å². The van der Waals surface area contributed by atoms with Crippen LogP contribution in [0.1, 0.15) is 0 Å². The minimum Gasteiger partial charge on any atom is -0.389 e. The van der Waals surface area contributed by atoms with Crippen molar-refractivity contribution in [2.45, 2.75) is 6.10 Å². The van der Waals surface area contributed by atoms with Crippen LogP contribution in [0.25, 0.3) is 0 Å². The zero-order valence-electron chi connectivity index (χ0n) is 6.74. The van der Waals surface area contributed by atoms with Crippen LogP contribution in [0.2, 0.25) is 0 Å². The van der Waals surface area contributed by atoms with Crippen LogP contribution < -0.4 is 5.32 Å². The number of hydrogen-bond acceptors (Lipinski definition) is 4. The third-order valence-corrected chi connectivity index (χ3v) is 2.13. The van der Waals surface area contributed by atoms with Crippen molar-refractivity contribution < 1.29 is 14.4 Å². The smallest absolute Gasteiger partial charge is 0.269 e. The third kappa shape index (κ3) is 0.972. The maximum Gasteiger partial charge on any atom is 0.269 e.